The summed E-state index contributed by atoms with van der Waals surface area (Å²) in [6, 6.07) is 16.4. The first-order chi connectivity index (χ1) is 12.3. The quantitative estimate of drug-likeness (QED) is 0.719. The van der Waals surface area contributed by atoms with Gasteiger partial charge in [-0.1, -0.05) is 30.3 Å². The molecular weight excluding hydrogens is 346 g/mol. The fourth-order valence-corrected chi connectivity index (χ4v) is 3.18. The Balaban J connectivity index is 1.97. The van der Waals surface area contributed by atoms with Gasteiger partial charge in [0.15, 0.2) is 0 Å². The van der Waals surface area contributed by atoms with E-state index in [9.17, 15) is 9.00 Å². The van der Waals surface area contributed by atoms with E-state index in [4.69, 9.17) is 0 Å². The summed E-state index contributed by atoms with van der Waals surface area (Å²) in [7, 11) is -2.34. The molecule has 0 aliphatic heterocycles. The molecule has 0 saturated carbocycles. The molecule has 1 amide bonds. The minimum atomic E-state index is -2.34. The Morgan fingerprint density at radius 1 is 1.12 bits per heavy atom. The summed E-state index contributed by atoms with van der Waals surface area (Å²) in [5, 5.41) is 2.82. The van der Waals surface area contributed by atoms with E-state index in [1.54, 1.807) is 49.7 Å². The van der Waals surface area contributed by atoms with Crippen molar-refractivity contribution in [1.82, 2.24) is 9.97 Å². The van der Waals surface area contributed by atoms with Crippen molar-refractivity contribution >= 4 is 27.0 Å². The maximum absolute atomic E-state index is 12.6. The fourth-order valence-electron chi connectivity index (χ4n) is 2.44. The number of carbonyl (C=O) groups excluding carboxylic acids is 1. The second-order valence-electron chi connectivity index (χ2n) is 6.04. The van der Waals surface area contributed by atoms with Crippen LogP contribution in [-0.4, -0.2) is 32.2 Å². The smallest absolute Gasteiger partial charge is 0.276 e. The standard InChI is InChI=1S/C20H19N3O2S/c1-14-19(20(24)22-16-9-5-4-6-10-16)23-18(13-21-14)15-8-7-11-17(12-15)26(2,3)25/h4-13H,2H2,1,3H3,(H,22,24). The molecule has 0 bridgehead atoms. The van der Waals surface area contributed by atoms with Crippen LogP contribution in [0.25, 0.3) is 11.3 Å². The highest BCUT2D eigenvalue weighted by Crippen LogP contribution is 2.21. The van der Waals surface area contributed by atoms with Gasteiger partial charge in [-0.3, -0.25) is 14.0 Å². The number of para-hydroxylation sites is 1. The van der Waals surface area contributed by atoms with Gasteiger partial charge < -0.3 is 5.32 Å². The predicted molar refractivity (Wildman–Crippen MR) is 106 cm³/mol. The van der Waals surface area contributed by atoms with Gasteiger partial charge in [0.2, 0.25) is 0 Å². The summed E-state index contributed by atoms with van der Waals surface area (Å²) in [4.78, 5) is 22.0. The largest absolute Gasteiger partial charge is 0.321 e. The van der Waals surface area contributed by atoms with E-state index in [1.807, 2.05) is 24.3 Å². The SMILES string of the molecule is C=S(C)(=O)c1cccc(-c2cnc(C)c(C(=O)Nc3ccccc3)n2)c1. The molecule has 26 heavy (non-hydrogen) atoms. The molecule has 5 nitrogen and oxygen atoms in total. The Morgan fingerprint density at radius 2 is 1.85 bits per heavy atom. The highest BCUT2D eigenvalue weighted by atomic mass is 32.2. The number of rotatable bonds is 4. The zero-order chi connectivity index (χ0) is 18.7. The van der Waals surface area contributed by atoms with Gasteiger partial charge in [-0.25, -0.2) is 4.98 Å². The maximum atomic E-state index is 12.6. The van der Waals surface area contributed by atoms with Crippen LogP contribution in [0.15, 0.2) is 65.7 Å². The van der Waals surface area contributed by atoms with E-state index in [-0.39, 0.29) is 11.6 Å². The van der Waals surface area contributed by atoms with Crippen molar-refractivity contribution in [2.75, 3.05) is 11.6 Å². The predicted octanol–water partition coefficient (Wildman–Crippen LogP) is 3.41. The van der Waals surface area contributed by atoms with Crippen LogP contribution in [0.1, 0.15) is 16.2 Å². The summed E-state index contributed by atoms with van der Waals surface area (Å²) < 4.78 is 12.2. The van der Waals surface area contributed by atoms with Crippen molar-refractivity contribution in [3.05, 3.63) is 72.2 Å². The van der Waals surface area contributed by atoms with Crippen LogP contribution in [0.4, 0.5) is 5.69 Å². The Morgan fingerprint density at radius 3 is 2.54 bits per heavy atom. The van der Waals surface area contributed by atoms with Crippen molar-refractivity contribution in [2.45, 2.75) is 11.8 Å². The van der Waals surface area contributed by atoms with Crippen molar-refractivity contribution in [3.8, 4) is 11.3 Å². The average molecular weight is 365 g/mol. The Kier molecular flexibility index (Phi) is 4.86. The minimum absolute atomic E-state index is 0.253. The molecule has 0 saturated heterocycles. The molecule has 6 heteroatoms. The summed E-state index contributed by atoms with van der Waals surface area (Å²) >= 11 is 0. The molecule has 0 spiro atoms. The first-order valence-corrected chi connectivity index (χ1v) is 10.1. The van der Waals surface area contributed by atoms with Crippen LogP contribution in [0.2, 0.25) is 0 Å². The van der Waals surface area contributed by atoms with Gasteiger partial charge in [-0.05, 0) is 46.6 Å². The molecule has 0 aliphatic carbocycles. The number of anilines is 1. The molecule has 1 heterocycles. The molecular formula is C20H19N3O2S. The van der Waals surface area contributed by atoms with E-state index < -0.39 is 9.52 Å². The number of nitrogens with one attached hydrogen (secondary N) is 1. The number of amides is 1. The third kappa shape index (κ3) is 3.97. The Labute approximate surface area is 153 Å². The molecule has 1 unspecified atom stereocenters. The van der Waals surface area contributed by atoms with Crippen molar-refractivity contribution < 1.29 is 9.00 Å². The molecule has 1 N–H and O–H groups in total. The number of aromatic nitrogens is 2. The third-order valence-electron chi connectivity index (χ3n) is 3.83. The molecule has 0 aliphatic rings. The normalized spacial score (nSPS) is 13.0. The van der Waals surface area contributed by atoms with Crippen molar-refractivity contribution in [3.63, 3.8) is 0 Å². The lowest BCUT2D eigenvalue weighted by Crippen LogP contribution is -2.16. The molecule has 3 rings (SSSR count). The van der Waals surface area contributed by atoms with Gasteiger partial charge in [-0.15, -0.1) is 0 Å². The molecule has 0 fully saturated rings. The number of nitrogens with zero attached hydrogens (tertiary/aromatic N) is 2. The van der Waals surface area contributed by atoms with Gasteiger partial charge in [0.25, 0.3) is 5.91 Å². The van der Waals surface area contributed by atoms with Crippen LogP contribution in [0.5, 0.6) is 0 Å². The molecule has 1 atom stereocenters. The summed E-state index contributed by atoms with van der Waals surface area (Å²) in [5.74, 6) is 3.39. The maximum Gasteiger partial charge on any atom is 0.276 e. The number of aryl methyl sites for hydroxylation is 1. The average Bonchev–Trinajstić information content (AvgIpc) is 2.62. The number of carbonyl (C=O) groups is 1. The Bertz CT molecular complexity index is 1060. The van der Waals surface area contributed by atoms with Gasteiger partial charge in [0.05, 0.1) is 17.6 Å². The summed E-state index contributed by atoms with van der Waals surface area (Å²) in [5.41, 5.74) is 2.76. The minimum Gasteiger partial charge on any atom is -0.321 e. The first-order valence-electron chi connectivity index (χ1n) is 7.97. The molecule has 1 aromatic heterocycles. The Hall–Kier alpha value is -2.99. The lowest BCUT2D eigenvalue weighted by Gasteiger charge is -2.10. The molecule has 2 aromatic carbocycles. The van der Waals surface area contributed by atoms with Gasteiger partial charge in [-0.2, -0.15) is 0 Å². The topological polar surface area (TPSA) is 72.0 Å². The zero-order valence-electron chi connectivity index (χ0n) is 14.6. The zero-order valence-corrected chi connectivity index (χ0v) is 15.4. The summed E-state index contributed by atoms with van der Waals surface area (Å²) in [6.07, 6.45) is 3.19. The highest BCUT2D eigenvalue weighted by molar-refractivity contribution is 7.99. The van der Waals surface area contributed by atoms with Crippen LogP contribution in [-0.2, 0) is 9.52 Å². The van der Waals surface area contributed by atoms with Crippen molar-refractivity contribution in [2.24, 2.45) is 0 Å². The first kappa shape index (κ1) is 17.8. The van der Waals surface area contributed by atoms with E-state index in [2.05, 4.69) is 21.2 Å². The number of hydrogen-bond donors (Lipinski definition) is 1. The van der Waals surface area contributed by atoms with E-state index >= 15 is 0 Å². The third-order valence-corrected chi connectivity index (χ3v) is 5.08. The monoisotopic (exact) mass is 365 g/mol. The number of benzene rings is 2. The second-order valence-corrected chi connectivity index (χ2v) is 8.52. The molecule has 0 radical (unpaired) electrons. The lowest BCUT2D eigenvalue weighted by atomic mass is 10.1. The van der Waals surface area contributed by atoms with Gasteiger partial charge in [0, 0.05) is 22.4 Å². The van der Waals surface area contributed by atoms with Crippen LogP contribution in [0, 0.1) is 6.92 Å². The van der Waals surface area contributed by atoms with Crippen LogP contribution in [0.3, 0.4) is 0 Å². The lowest BCUT2D eigenvalue weighted by molar-refractivity contribution is 0.102. The summed E-state index contributed by atoms with van der Waals surface area (Å²) in [6.45, 7) is 1.74. The van der Waals surface area contributed by atoms with Gasteiger partial charge in [0.1, 0.15) is 5.69 Å². The number of hydrogen-bond acceptors (Lipinski definition) is 4. The molecule has 132 valence electrons. The van der Waals surface area contributed by atoms with E-state index in [0.717, 1.165) is 5.56 Å². The van der Waals surface area contributed by atoms with Gasteiger partial charge >= 0.3 is 0 Å². The fraction of sp³-hybridized carbons (Fsp3) is 0.100. The second kappa shape index (κ2) is 7.09. The van der Waals surface area contributed by atoms with E-state index in [1.165, 1.54) is 0 Å². The van der Waals surface area contributed by atoms with Crippen LogP contribution >= 0.6 is 0 Å². The van der Waals surface area contributed by atoms with E-state index in [0.29, 0.717) is 22.0 Å². The van der Waals surface area contributed by atoms with Crippen LogP contribution < -0.4 is 5.32 Å². The molecule has 3 aromatic rings. The van der Waals surface area contributed by atoms with Crippen molar-refractivity contribution in [1.29, 1.82) is 0 Å². The highest BCUT2D eigenvalue weighted by Gasteiger charge is 2.15.